The van der Waals surface area contributed by atoms with Crippen LogP contribution in [0.2, 0.25) is 0 Å². The van der Waals surface area contributed by atoms with E-state index < -0.39 is 0 Å². The molecule has 0 saturated carbocycles. The summed E-state index contributed by atoms with van der Waals surface area (Å²) in [6.45, 7) is 9.57. The summed E-state index contributed by atoms with van der Waals surface area (Å²) in [6.07, 6.45) is 2.40. The molecule has 3 rings (SSSR count). The molecule has 0 amide bonds. The summed E-state index contributed by atoms with van der Waals surface area (Å²) in [5, 5.41) is 1.43. The summed E-state index contributed by atoms with van der Waals surface area (Å²) in [7, 11) is 2.18. The fourth-order valence-electron chi connectivity index (χ4n) is 3.37. The van der Waals surface area contributed by atoms with Crippen LogP contribution in [0.5, 0.6) is 0 Å². The zero-order valence-electron chi connectivity index (χ0n) is 13.5. The molecular weight excluding hydrogens is 260 g/mol. The van der Waals surface area contributed by atoms with E-state index in [1.54, 1.807) is 0 Å². The maximum Gasteiger partial charge on any atom is 0.0594 e. The Labute approximate surface area is 127 Å². The van der Waals surface area contributed by atoms with Crippen LogP contribution in [0.15, 0.2) is 18.2 Å². The van der Waals surface area contributed by atoms with E-state index in [-0.39, 0.29) is 0 Å². The molecule has 0 radical (unpaired) electrons. The zero-order chi connectivity index (χ0) is 14.8. The quantitative estimate of drug-likeness (QED) is 0.859. The van der Waals surface area contributed by atoms with Crippen molar-refractivity contribution in [1.82, 2.24) is 9.47 Å². The van der Waals surface area contributed by atoms with Crippen molar-refractivity contribution < 1.29 is 4.74 Å². The SMILES string of the molecule is Cc1ccc2c(CCCN3CCOCC3)c(C)n(C)c2c1. The van der Waals surface area contributed by atoms with Gasteiger partial charge in [0.05, 0.1) is 13.2 Å². The molecule has 0 aliphatic carbocycles. The molecule has 1 aromatic carbocycles. The number of ether oxygens (including phenoxy) is 1. The van der Waals surface area contributed by atoms with Crippen molar-refractivity contribution in [1.29, 1.82) is 0 Å². The number of aryl methyl sites for hydroxylation is 3. The van der Waals surface area contributed by atoms with Gasteiger partial charge in [0.1, 0.15) is 0 Å². The Morgan fingerprint density at radius 2 is 1.90 bits per heavy atom. The summed E-state index contributed by atoms with van der Waals surface area (Å²) >= 11 is 0. The first kappa shape index (κ1) is 14.6. The fourth-order valence-corrected chi connectivity index (χ4v) is 3.37. The molecule has 3 nitrogen and oxygen atoms in total. The standard InChI is InChI=1S/C18H26N2O/c1-14-6-7-17-16(15(2)19(3)18(17)13-14)5-4-8-20-9-11-21-12-10-20/h6-7,13H,4-5,8-12H2,1-3H3. The summed E-state index contributed by atoms with van der Waals surface area (Å²) in [6, 6.07) is 6.82. The van der Waals surface area contributed by atoms with Crippen molar-refractivity contribution in [2.75, 3.05) is 32.8 Å². The summed E-state index contributed by atoms with van der Waals surface area (Å²) < 4.78 is 7.75. The van der Waals surface area contributed by atoms with Crippen molar-refractivity contribution in [2.45, 2.75) is 26.7 Å². The molecule has 2 heterocycles. The van der Waals surface area contributed by atoms with Crippen LogP contribution in [0.25, 0.3) is 10.9 Å². The largest absolute Gasteiger partial charge is 0.379 e. The third-order valence-corrected chi connectivity index (χ3v) is 4.78. The van der Waals surface area contributed by atoms with Crippen LogP contribution in [-0.4, -0.2) is 42.3 Å². The van der Waals surface area contributed by atoms with E-state index in [1.165, 1.54) is 47.1 Å². The van der Waals surface area contributed by atoms with E-state index >= 15 is 0 Å². The highest BCUT2D eigenvalue weighted by atomic mass is 16.5. The number of nitrogens with zero attached hydrogens (tertiary/aromatic N) is 2. The maximum absolute atomic E-state index is 5.41. The maximum atomic E-state index is 5.41. The summed E-state index contributed by atoms with van der Waals surface area (Å²) in [5.74, 6) is 0. The Bertz CT molecular complexity index is 624. The highest BCUT2D eigenvalue weighted by molar-refractivity contribution is 5.86. The second-order valence-corrected chi connectivity index (χ2v) is 6.20. The second kappa shape index (κ2) is 6.20. The first-order valence-electron chi connectivity index (χ1n) is 8.01. The molecule has 0 unspecified atom stereocenters. The molecule has 1 saturated heterocycles. The van der Waals surface area contributed by atoms with E-state index in [9.17, 15) is 0 Å². The van der Waals surface area contributed by atoms with Gasteiger partial charge < -0.3 is 9.30 Å². The number of morpholine rings is 1. The average Bonchev–Trinajstić information content (AvgIpc) is 2.73. The molecule has 21 heavy (non-hydrogen) atoms. The molecular formula is C18H26N2O. The number of benzene rings is 1. The lowest BCUT2D eigenvalue weighted by molar-refractivity contribution is 0.0375. The highest BCUT2D eigenvalue weighted by Gasteiger charge is 2.13. The van der Waals surface area contributed by atoms with Gasteiger partial charge in [-0.2, -0.15) is 0 Å². The third kappa shape index (κ3) is 2.99. The van der Waals surface area contributed by atoms with Gasteiger partial charge in [-0.15, -0.1) is 0 Å². The molecule has 1 fully saturated rings. The summed E-state index contributed by atoms with van der Waals surface area (Å²) in [5.41, 5.74) is 5.65. The lowest BCUT2D eigenvalue weighted by Gasteiger charge is -2.26. The molecule has 1 aromatic heterocycles. The average molecular weight is 286 g/mol. The van der Waals surface area contributed by atoms with Crippen molar-refractivity contribution >= 4 is 10.9 Å². The molecule has 3 heteroatoms. The number of hydrogen-bond acceptors (Lipinski definition) is 2. The van der Waals surface area contributed by atoms with E-state index in [4.69, 9.17) is 4.74 Å². The zero-order valence-corrected chi connectivity index (χ0v) is 13.5. The Morgan fingerprint density at radius 1 is 1.14 bits per heavy atom. The molecule has 1 aliphatic rings. The molecule has 114 valence electrons. The van der Waals surface area contributed by atoms with Crippen molar-refractivity contribution in [3.8, 4) is 0 Å². The lowest BCUT2D eigenvalue weighted by Crippen LogP contribution is -2.36. The van der Waals surface area contributed by atoms with Crippen LogP contribution in [-0.2, 0) is 18.2 Å². The topological polar surface area (TPSA) is 17.4 Å². The number of hydrogen-bond donors (Lipinski definition) is 0. The van der Waals surface area contributed by atoms with Crippen LogP contribution >= 0.6 is 0 Å². The minimum atomic E-state index is 0.895. The van der Waals surface area contributed by atoms with Gasteiger partial charge in [-0.05, 0) is 50.4 Å². The van der Waals surface area contributed by atoms with Crippen LogP contribution < -0.4 is 0 Å². The van der Waals surface area contributed by atoms with Crippen molar-refractivity contribution in [3.05, 3.63) is 35.0 Å². The predicted octanol–water partition coefficient (Wildman–Crippen LogP) is 3.06. The second-order valence-electron chi connectivity index (χ2n) is 6.20. The van der Waals surface area contributed by atoms with Crippen LogP contribution in [0.1, 0.15) is 23.2 Å². The van der Waals surface area contributed by atoms with Gasteiger partial charge in [0, 0.05) is 36.7 Å². The number of rotatable bonds is 4. The normalized spacial score (nSPS) is 16.7. The van der Waals surface area contributed by atoms with Crippen LogP contribution in [0, 0.1) is 13.8 Å². The molecule has 0 atom stereocenters. The fraction of sp³-hybridized carbons (Fsp3) is 0.556. The summed E-state index contributed by atoms with van der Waals surface area (Å²) in [4.78, 5) is 2.52. The van der Waals surface area contributed by atoms with Gasteiger partial charge in [-0.3, -0.25) is 4.90 Å². The Kier molecular flexibility index (Phi) is 4.32. The van der Waals surface area contributed by atoms with Crippen LogP contribution in [0.3, 0.4) is 0 Å². The number of aromatic nitrogens is 1. The van der Waals surface area contributed by atoms with E-state index in [1.807, 2.05) is 0 Å². The molecule has 0 bridgehead atoms. The Balaban J connectivity index is 1.73. The van der Waals surface area contributed by atoms with Gasteiger partial charge in [-0.1, -0.05) is 12.1 Å². The van der Waals surface area contributed by atoms with Crippen LogP contribution in [0.4, 0.5) is 0 Å². The first-order chi connectivity index (χ1) is 10.2. The molecule has 0 spiro atoms. The predicted molar refractivity (Wildman–Crippen MR) is 88.0 cm³/mol. The van der Waals surface area contributed by atoms with E-state index in [2.05, 4.69) is 48.6 Å². The molecule has 2 aromatic rings. The third-order valence-electron chi connectivity index (χ3n) is 4.78. The van der Waals surface area contributed by atoms with E-state index in [0.29, 0.717) is 0 Å². The number of fused-ring (bicyclic) bond motifs is 1. The van der Waals surface area contributed by atoms with Gasteiger partial charge in [0.25, 0.3) is 0 Å². The molecule has 1 aliphatic heterocycles. The van der Waals surface area contributed by atoms with Crippen molar-refractivity contribution in [2.24, 2.45) is 7.05 Å². The van der Waals surface area contributed by atoms with E-state index in [0.717, 1.165) is 26.3 Å². The lowest BCUT2D eigenvalue weighted by atomic mass is 10.0. The smallest absolute Gasteiger partial charge is 0.0594 e. The Hall–Kier alpha value is -1.32. The monoisotopic (exact) mass is 286 g/mol. The minimum Gasteiger partial charge on any atom is -0.379 e. The van der Waals surface area contributed by atoms with Gasteiger partial charge in [0.15, 0.2) is 0 Å². The van der Waals surface area contributed by atoms with Gasteiger partial charge in [-0.25, -0.2) is 0 Å². The van der Waals surface area contributed by atoms with Gasteiger partial charge >= 0.3 is 0 Å². The van der Waals surface area contributed by atoms with Gasteiger partial charge in [0.2, 0.25) is 0 Å². The minimum absolute atomic E-state index is 0.895. The van der Waals surface area contributed by atoms with Crippen molar-refractivity contribution in [3.63, 3.8) is 0 Å². The highest BCUT2D eigenvalue weighted by Crippen LogP contribution is 2.27. The Morgan fingerprint density at radius 3 is 2.67 bits per heavy atom. The molecule has 0 N–H and O–H groups in total. The first-order valence-corrected chi connectivity index (χ1v) is 8.01.